The molecule has 6 aliphatic rings. The molecule has 4 bridgehead atoms. The smallest absolute Gasteiger partial charge is 0.0540 e. The van der Waals surface area contributed by atoms with Crippen molar-refractivity contribution in [1.29, 1.82) is 0 Å². The highest BCUT2D eigenvalue weighted by Crippen LogP contribution is 2.71. The third kappa shape index (κ3) is 5.51. The lowest BCUT2D eigenvalue weighted by Gasteiger charge is -2.61. The molecule has 286 valence electrons. The molecule has 0 saturated heterocycles. The molecule has 13 rings (SSSR count). The zero-order valence-corrected chi connectivity index (χ0v) is 33.6. The van der Waals surface area contributed by atoms with Crippen molar-refractivity contribution in [2.75, 3.05) is 4.90 Å². The van der Waals surface area contributed by atoms with E-state index in [4.69, 9.17) is 0 Å². The molecule has 4 fully saturated rings. The number of nitrogens with zero attached hydrogens (tertiary/aromatic N) is 1. The minimum atomic E-state index is 0.157. The van der Waals surface area contributed by atoms with Gasteiger partial charge in [0.1, 0.15) is 0 Å². The summed E-state index contributed by atoms with van der Waals surface area (Å²) in [6.07, 6.45) is 15.6. The fraction of sp³-hybridized carbons (Fsp3) is 0.207. The van der Waals surface area contributed by atoms with Gasteiger partial charge in [0, 0.05) is 28.3 Å². The molecule has 0 aromatic heterocycles. The van der Waals surface area contributed by atoms with Crippen LogP contribution in [0.3, 0.4) is 0 Å². The van der Waals surface area contributed by atoms with Gasteiger partial charge >= 0.3 is 0 Å². The van der Waals surface area contributed by atoms with Gasteiger partial charge in [0.15, 0.2) is 0 Å². The first-order chi connectivity index (χ1) is 29.2. The van der Waals surface area contributed by atoms with Gasteiger partial charge in [-0.3, -0.25) is 0 Å². The standard InChI is InChI=1S/C58H49N/c1-3-15-41(16-4-1)42-27-29-46(30-28-42)59(47-31-32-53-52-23-11-13-25-55(52)58(56(53)38-47)44-34-39-33-40(36-44)37-45(58)35-39)57-26-14-12-24-54(57)51-22-10-9-21-50(51)49-20-8-7-19-48(49)43-17-5-2-6-18-43/h1-22,24-32,38-40,44-45,52H,23,33-37H2. The average molecular weight is 760 g/mol. The molecule has 7 aromatic rings. The maximum atomic E-state index is 2.68. The lowest BCUT2D eigenvalue weighted by atomic mass is 9.42. The van der Waals surface area contributed by atoms with Gasteiger partial charge in [-0.25, -0.2) is 0 Å². The Morgan fingerprint density at radius 3 is 1.64 bits per heavy atom. The average Bonchev–Trinajstić information content (AvgIpc) is 3.59. The summed E-state index contributed by atoms with van der Waals surface area (Å²) < 4.78 is 0. The van der Waals surface area contributed by atoms with E-state index in [9.17, 15) is 0 Å². The summed E-state index contributed by atoms with van der Waals surface area (Å²) in [4.78, 5) is 2.57. The molecule has 0 radical (unpaired) electrons. The summed E-state index contributed by atoms with van der Waals surface area (Å²) in [5.41, 5.74) is 18.6. The van der Waals surface area contributed by atoms with Crippen LogP contribution in [0.15, 0.2) is 200 Å². The normalized spacial score (nSPS) is 24.5. The van der Waals surface area contributed by atoms with Crippen LogP contribution < -0.4 is 4.90 Å². The van der Waals surface area contributed by atoms with Crippen LogP contribution in [-0.4, -0.2) is 0 Å². The van der Waals surface area contributed by atoms with Crippen molar-refractivity contribution in [1.82, 2.24) is 0 Å². The number of hydrogen-bond donors (Lipinski definition) is 0. The van der Waals surface area contributed by atoms with E-state index >= 15 is 0 Å². The van der Waals surface area contributed by atoms with Gasteiger partial charge < -0.3 is 4.90 Å². The van der Waals surface area contributed by atoms with E-state index in [2.05, 4.69) is 199 Å². The lowest BCUT2D eigenvalue weighted by Crippen LogP contribution is -2.55. The molecule has 1 spiro atoms. The minimum absolute atomic E-state index is 0.157. The third-order valence-corrected chi connectivity index (χ3v) is 15.1. The topological polar surface area (TPSA) is 3.24 Å². The predicted octanol–water partition coefficient (Wildman–Crippen LogP) is 15.5. The van der Waals surface area contributed by atoms with Gasteiger partial charge in [-0.2, -0.15) is 0 Å². The fourth-order valence-electron chi connectivity index (χ4n) is 13.0. The number of para-hydroxylation sites is 1. The Hall–Kier alpha value is -6.18. The van der Waals surface area contributed by atoms with Crippen molar-refractivity contribution >= 4 is 17.1 Å². The number of hydrogen-bond acceptors (Lipinski definition) is 1. The van der Waals surface area contributed by atoms with Crippen molar-refractivity contribution in [2.45, 2.75) is 49.9 Å². The molecule has 6 aliphatic carbocycles. The van der Waals surface area contributed by atoms with E-state index in [0.717, 1.165) is 30.1 Å². The second kappa shape index (κ2) is 14.0. The summed E-state index contributed by atoms with van der Waals surface area (Å²) in [5.74, 6) is 3.85. The highest BCUT2D eigenvalue weighted by Gasteiger charge is 2.63. The molecule has 0 aliphatic heterocycles. The summed E-state index contributed by atoms with van der Waals surface area (Å²) in [5, 5.41) is 0. The van der Waals surface area contributed by atoms with Crippen LogP contribution in [0.1, 0.15) is 55.6 Å². The third-order valence-electron chi connectivity index (χ3n) is 15.1. The van der Waals surface area contributed by atoms with Gasteiger partial charge in [0.05, 0.1) is 5.69 Å². The number of anilines is 3. The van der Waals surface area contributed by atoms with Crippen molar-refractivity contribution in [3.8, 4) is 44.5 Å². The molecular formula is C58H49N. The van der Waals surface area contributed by atoms with Gasteiger partial charge in [-0.05, 0) is 143 Å². The second-order valence-electron chi connectivity index (χ2n) is 18.0. The Bertz CT molecular complexity index is 2730. The van der Waals surface area contributed by atoms with Crippen molar-refractivity contribution in [3.05, 3.63) is 211 Å². The number of fused-ring (bicyclic) bond motifs is 3. The zero-order chi connectivity index (χ0) is 38.9. The molecular weight excluding hydrogens is 711 g/mol. The Labute approximate surface area is 349 Å². The van der Waals surface area contributed by atoms with E-state index in [1.165, 1.54) is 93.7 Å². The van der Waals surface area contributed by atoms with Gasteiger partial charge in [0.25, 0.3) is 0 Å². The van der Waals surface area contributed by atoms with Crippen LogP contribution in [0.2, 0.25) is 0 Å². The highest BCUT2D eigenvalue weighted by molar-refractivity contribution is 5.97. The van der Waals surface area contributed by atoms with Crippen LogP contribution in [0.25, 0.3) is 44.5 Å². The summed E-state index contributed by atoms with van der Waals surface area (Å²) in [7, 11) is 0. The summed E-state index contributed by atoms with van der Waals surface area (Å²) >= 11 is 0. The summed E-state index contributed by atoms with van der Waals surface area (Å²) in [6, 6.07) is 65.6. The van der Waals surface area contributed by atoms with E-state index in [1.54, 1.807) is 16.7 Å². The van der Waals surface area contributed by atoms with Crippen molar-refractivity contribution in [2.24, 2.45) is 23.7 Å². The molecule has 1 unspecified atom stereocenters. The lowest BCUT2D eigenvalue weighted by molar-refractivity contribution is -0.0423. The molecule has 0 amide bonds. The molecule has 1 heteroatoms. The van der Waals surface area contributed by atoms with Crippen LogP contribution in [0.4, 0.5) is 17.1 Å². The fourth-order valence-corrected chi connectivity index (χ4v) is 13.0. The van der Waals surface area contributed by atoms with Crippen LogP contribution in [-0.2, 0) is 5.41 Å². The molecule has 0 N–H and O–H groups in total. The first-order valence-corrected chi connectivity index (χ1v) is 22.0. The van der Waals surface area contributed by atoms with Gasteiger partial charge in [-0.1, -0.05) is 169 Å². The zero-order valence-electron chi connectivity index (χ0n) is 33.6. The molecule has 59 heavy (non-hydrogen) atoms. The van der Waals surface area contributed by atoms with Crippen molar-refractivity contribution < 1.29 is 0 Å². The van der Waals surface area contributed by atoms with Crippen LogP contribution in [0, 0.1) is 23.7 Å². The Morgan fingerprint density at radius 1 is 0.441 bits per heavy atom. The summed E-state index contributed by atoms with van der Waals surface area (Å²) in [6.45, 7) is 0. The minimum Gasteiger partial charge on any atom is -0.310 e. The highest BCUT2D eigenvalue weighted by atomic mass is 15.1. The Morgan fingerprint density at radius 2 is 0.966 bits per heavy atom. The monoisotopic (exact) mass is 759 g/mol. The van der Waals surface area contributed by atoms with Crippen LogP contribution in [0.5, 0.6) is 0 Å². The van der Waals surface area contributed by atoms with Crippen LogP contribution >= 0.6 is 0 Å². The molecule has 1 atom stereocenters. The predicted molar refractivity (Wildman–Crippen MR) is 246 cm³/mol. The second-order valence-corrected chi connectivity index (χ2v) is 18.0. The quantitative estimate of drug-likeness (QED) is 0.156. The molecule has 0 heterocycles. The van der Waals surface area contributed by atoms with E-state index < -0.39 is 0 Å². The number of benzene rings is 7. The molecule has 1 nitrogen and oxygen atoms in total. The first-order valence-electron chi connectivity index (χ1n) is 22.0. The van der Waals surface area contributed by atoms with E-state index in [0.29, 0.717) is 5.92 Å². The molecule has 4 saturated carbocycles. The first kappa shape index (κ1) is 34.8. The van der Waals surface area contributed by atoms with E-state index in [1.807, 2.05) is 0 Å². The van der Waals surface area contributed by atoms with Gasteiger partial charge in [-0.15, -0.1) is 0 Å². The number of allylic oxidation sites excluding steroid dienone is 4. The maximum Gasteiger partial charge on any atom is 0.0540 e. The van der Waals surface area contributed by atoms with E-state index in [-0.39, 0.29) is 5.41 Å². The van der Waals surface area contributed by atoms with Crippen molar-refractivity contribution in [3.63, 3.8) is 0 Å². The van der Waals surface area contributed by atoms with Gasteiger partial charge in [0.2, 0.25) is 0 Å². The number of rotatable bonds is 7. The SMILES string of the molecule is C1=CCC2C(=C1)C1(c3cc(N(c4ccc(-c5ccccc5)cc4)c4ccccc4-c4ccccc4-c4ccccc4-c4ccccc4)ccc32)C2CC3CC(C2)CC1C3. The molecule has 7 aromatic carbocycles. The Balaban J connectivity index is 1.06. The maximum absolute atomic E-state index is 2.68. The largest absolute Gasteiger partial charge is 0.310 e. The Kier molecular flexibility index (Phi) is 8.26.